The van der Waals surface area contributed by atoms with Gasteiger partial charge in [0.1, 0.15) is 0 Å². The van der Waals surface area contributed by atoms with Gasteiger partial charge in [0.15, 0.2) is 15.0 Å². The lowest BCUT2D eigenvalue weighted by Crippen LogP contribution is -2.38. The zero-order valence-electron chi connectivity index (χ0n) is 19.5. The molecule has 0 saturated carbocycles. The molecule has 0 radical (unpaired) electrons. The summed E-state index contributed by atoms with van der Waals surface area (Å²) in [5.74, 6) is 0.801. The number of hydrogen-bond acceptors (Lipinski definition) is 5. The maximum Gasteiger partial charge on any atom is 0.247 e. The number of nitrogens with zero attached hydrogens (tertiary/aromatic N) is 3. The molecule has 0 aliphatic carbocycles. The molecule has 180 valence electrons. The van der Waals surface area contributed by atoms with Gasteiger partial charge in [-0.1, -0.05) is 49.0 Å². The second kappa shape index (κ2) is 9.74. The number of sulfone groups is 1. The van der Waals surface area contributed by atoms with Crippen LogP contribution in [0.1, 0.15) is 31.7 Å². The number of hydrogen-bond donors (Lipinski definition) is 0. The van der Waals surface area contributed by atoms with Crippen molar-refractivity contribution < 1.29 is 13.2 Å². The molecule has 3 fully saturated rings. The molecule has 1 amide bonds. The molecule has 2 aromatic rings. The third-order valence-electron chi connectivity index (χ3n) is 7.06. The highest BCUT2D eigenvalue weighted by molar-refractivity contribution is 8.16. The lowest BCUT2D eigenvalue weighted by molar-refractivity contribution is -0.117. The van der Waals surface area contributed by atoms with Crippen LogP contribution in [0, 0.1) is 5.92 Å². The van der Waals surface area contributed by atoms with Crippen LogP contribution in [0.2, 0.25) is 0 Å². The van der Waals surface area contributed by atoms with E-state index < -0.39 is 9.84 Å². The number of aliphatic imine (C=N–C) groups is 1. The van der Waals surface area contributed by atoms with E-state index in [4.69, 9.17) is 0 Å². The normalized spacial score (nSPS) is 25.6. The average Bonchev–Trinajstić information content (AvgIpc) is 3.31. The smallest absolute Gasteiger partial charge is 0.247 e. The van der Waals surface area contributed by atoms with Gasteiger partial charge in [0, 0.05) is 36.1 Å². The monoisotopic (exact) mass is 497 g/mol. The fourth-order valence-electron chi connectivity index (χ4n) is 5.22. The summed E-state index contributed by atoms with van der Waals surface area (Å²) in [6.07, 6.45) is 3.84. The first-order chi connectivity index (χ1) is 16.4. The molecule has 2 atom stereocenters. The number of anilines is 2. The largest absolute Gasteiger partial charge is 0.372 e. The molecule has 2 aromatic carbocycles. The summed E-state index contributed by atoms with van der Waals surface area (Å²) in [5, 5.41) is 0.558. The van der Waals surface area contributed by atoms with Crippen molar-refractivity contribution in [1.82, 2.24) is 0 Å². The van der Waals surface area contributed by atoms with Crippen LogP contribution in [0.5, 0.6) is 0 Å². The van der Waals surface area contributed by atoms with Gasteiger partial charge < -0.3 is 9.80 Å². The van der Waals surface area contributed by atoms with E-state index in [0.717, 1.165) is 31.1 Å². The van der Waals surface area contributed by atoms with Gasteiger partial charge in [0.25, 0.3) is 0 Å². The number of thioether (sulfide) groups is 1. The molecule has 3 heterocycles. The number of amidine groups is 1. The van der Waals surface area contributed by atoms with E-state index in [1.807, 2.05) is 17.0 Å². The van der Waals surface area contributed by atoms with Crippen LogP contribution >= 0.6 is 11.8 Å². The standard InChI is InChI=1S/C26H31N3O3S2/c1-2-25(30)27-26-29(23-17-34(31,32)18-24(23)33-26)22-10-8-21(9-11-22)28-14-12-20(13-15-28)16-19-6-4-3-5-7-19/h3-11,20,23-24H,2,12-18H2,1H3/t23-,24-/m0/s1. The van der Waals surface area contributed by atoms with Crippen molar-refractivity contribution in [3.05, 3.63) is 60.2 Å². The van der Waals surface area contributed by atoms with Gasteiger partial charge in [-0.2, -0.15) is 4.99 Å². The molecule has 0 N–H and O–H groups in total. The molecule has 0 spiro atoms. The molecule has 3 aliphatic heterocycles. The fourth-order valence-corrected chi connectivity index (χ4v) is 9.15. The summed E-state index contributed by atoms with van der Waals surface area (Å²) < 4.78 is 24.5. The molecule has 5 rings (SSSR count). The van der Waals surface area contributed by atoms with Crippen LogP contribution < -0.4 is 9.80 Å². The predicted octanol–water partition coefficient (Wildman–Crippen LogP) is 4.16. The Morgan fingerprint density at radius 2 is 1.68 bits per heavy atom. The zero-order valence-corrected chi connectivity index (χ0v) is 21.1. The average molecular weight is 498 g/mol. The Labute approximate surface area is 206 Å². The molecule has 3 saturated heterocycles. The second-order valence-electron chi connectivity index (χ2n) is 9.45. The van der Waals surface area contributed by atoms with Crippen LogP contribution in [-0.4, -0.2) is 55.4 Å². The van der Waals surface area contributed by atoms with Gasteiger partial charge in [-0.25, -0.2) is 8.42 Å². The highest BCUT2D eigenvalue weighted by Gasteiger charge is 2.49. The zero-order chi connectivity index (χ0) is 23.7. The van der Waals surface area contributed by atoms with Crippen LogP contribution in [-0.2, 0) is 21.1 Å². The first kappa shape index (κ1) is 23.4. The van der Waals surface area contributed by atoms with Crippen LogP contribution in [0.3, 0.4) is 0 Å². The van der Waals surface area contributed by atoms with Gasteiger partial charge in [0.2, 0.25) is 5.91 Å². The summed E-state index contributed by atoms with van der Waals surface area (Å²) in [6, 6.07) is 18.9. The molecule has 34 heavy (non-hydrogen) atoms. The second-order valence-corrected chi connectivity index (χ2v) is 12.8. The van der Waals surface area contributed by atoms with Crippen molar-refractivity contribution in [1.29, 1.82) is 0 Å². The van der Waals surface area contributed by atoms with E-state index in [0.29, 0.717) is 11.6 Å². The van der Waals surface area contributed by atoms with E-state index >= 15 is 0 Å². The van der Waals surface area contributed by atoms with E-state index in [2.05, 4.69) is 52.4 Å². The van der Waals surface area contributed by atoms with Gasteiger partial charge in [-0.3, -0.25) is 4.79 Å². The fraction of sp³-hybridized carbons (Fsp3) is 0.462. The number of piperidine rings is 1. The summed E-state index contributed by atoms with van der Waals surface area (Å²) in [4.78, 5) is 20.7. The number of rotatable bonds is 5. The highest BCUT2D eigenvalue weighted by atomic mass is 32.2. The van der Waals surface area contributed by atoms with E-state index in [-0.39, 0.29) is 28.7 Å². The molecule has 3 aliphatic rings. The predicted molar refractivity (Wildman–Crippen MR) is 141 cm³/mol. The Kier molecular flexibility index (Phi) is 6.71. The Morgan fingerprint density at radius 1 is 1.00 bits per heavy atom. The minimum atomic E-state index is -3.07. The molecule has 6 nitrogen and oxygen atoms in total. The van der Waals surface area contributed by atoms with Crippen molar-refractivity contribution in [3.63, 3.8) is 0 Å². The lowest BCUT2D eigenvalue weighted by atomic mass is 9.90. The quantitative estimate of drug-likeness (QED) is 0.618. The molecule has 0 aromatic heterocycles. The maximum atomic E-state index is 12.3. The van der Waals surface area contributed by atoms with Crippen LogP contribution in [0.4, 0.5) is 11.4 Å². The van der Waals surface area contributed by atoms with Crippen molar-refractivity contribution in [3.8, 4) is 0 Å². The minimum Gasteiger partial charge on any atom is -0.372 e. The van der Waals surface area contributed by atoms with Gasteiger partial charge in [-0.05, 0) is 55.0 Å². The lowest BCUT2D eigenvalue weighted by Gasteiger charge is -2.34. The summed E-state index contributed by atoms with van der Waals surface area (Å²) in [5.41, 5.74) is 3.51. The molecule has 0 unspecified atom stereocenters. The van der Waals surface area contributed by atoms with Gasteiger partial charge in [0.05, 0.1) is 17.5 Å². The molecular weight excluding hydrogens is 466 g/mol. The summed E-state index contributed by atoms with van der Waals surface area (Å²) >= 11 is 1.43. The maximum absolute atomic E-state index is 12.3. The van der Waals surface area contributed by atoms with Crippen molar-refractivity contribution in [2.75, 3.05) is 34.4 Å². The Hall–Kier alpha value is -2.32. The first-order valence-electron chi connectivity index (χ1n) is 12.1. The molecule has 8 heteroatoms. The Balaban J connectivity index is 1.28. The van der Waals surface area contributed by atoms with E-state index in [1.54, 1.807) is 6.92 Å². The number of carbonyl (C=O) groups excluding carboxylic acids is 1. The number of fused-ring (bicyclic) bond motifs is 1. The minimum absolute atomic E-state index is 0.0725. The summed E-state index contributed by atoms with van der Waals surface area (Å²) in [7, 11) is -3.07. The van der Waals surface area contributed by atoms with Crippen molar-refractivity contribution >= 4 is 44.0 Å². The summed E-state index contributed by atoms with van der Waals surface area (Å²) in [6.45, 7) is 3.87. The number of amides is 1. The third kappa shape index (κ3) is 5.03. The number of carbonyl (C=O) groups is 1. The van der Waals surface area contributed by atoms with E-state index in [9.17, 15) is 13.2 Å². The highest BCUT2D eigenvalue weighted by Crippen LogP contribution is 2.41. The van der Waals surface area contributed by atoms with Crippen molar-refractivity contribution in [2.24, 2.45) is 10.9 Å². The molecule has 0 bridgehead atoms. The SMILES string of the molecule is CCC(=O)N=C1S[C@H]2CS(=O)(=O)C[C@@H]2N1c1ccc(N2CCC(Cc3ccccc3)CC2)cc1. The first-order valence-corrected chi connectivity index (χ1v) is 14.8. The third-order valence-corrected chi connectivity index (χ3v) is 10.3. The number of benzene rings is 2. The van der Waals surface area contributed by atoms with Crippen molar-refractivity contribution in [2.45, 2.75) is 43.9 Å². The topological polar surface area (TPSA) is 70.0 Å². The Bertz CT molecular complexity index is 1160. The van der Waals surface area contributed by atoms with Crippen LogP contribution in [0.15, 0.2) is 59.6 Å². The molecular formula is C26H31N3O3S2. The Morgan fingerprint density at radius 3 is 2.35 bits per heavy atom. The van der Waals surface area contributed by atoms with Gasteiger partial charge in [-0.15, -0.1) is 0 Å². The van der Waals surface area contributed by atoms with E-state index in [1.165, 1.54) is 35.9 Å². The van der Waals surface area contributed by atoms with Gasteiger partial charge >= 0.3 is 0 Å². The van der Waals surface area contributed by atoms with Crippen LogP contribution in [0.25, 0.3) is 0 Å².